The van der Waals surface area contributed by atoms with Gasteiger partial charge in [-0.15, -0.1) is 5.10 Å². The van der Waals surface area contributed by atoms with Crippen molar-refractivity contribution >= 4 is 22.8 Å². The van der Waals surface area contributed by atoms with Crippen LogP contribution in [0.5, 0.6) is 5.75 Å². The Kier molecular flexibility index (Phi) is 4.71. The molecule has 7 nitrogen and oxygen atoms in total. The molecule has 27 heavy (non-hydrogen) atoms. The molecule has 2 aromatic carbocycles. The molecule has 138 valence electrons. The molecule has 0 saturated carbocycles. The molecule has 0 atom stereocenters. The van der Waals surface area contributed by atoms with Gasteiger partial charge in [0.05, 0.1) is 22.5 Å². The van der Waals surface area contributed by atoms with Crippen LogP contribution in [0.15, 0.2) is 53.7 Å². The number of thioether (sulfide) groups is 1. The summed E-state index contributed by atoms with van der Waals surface area (Å²) in [6, 6.07) is 14.0. The molecule has 0 aliphatic heterocycles. The lowest BCUT2D eigenvalue weighted by molar-refractivity contribution is -0.0498. The highest BCUT2D eigenvalue weighted by molar-refractivity contribution is 7.98. The van der Waals surface area contributed by atoms with Crippen LogP contribution in [0.3, 0.4) is 0 Å². The lowest BCUT2D eigenvalue weighted by atomic mass is 10.3. The van der Waals surface area contributed by atoms with Crippen molar-refractivity contribution in [3.63, 3.8) is 0 Å². The fraction of sp³-hybridized carbons (Fsp3) is 0.176. The largest absolute Gasteiger partial charge is 0.435 e. The summed E-state index contributed by atoms with van der Waals surface area (Å²) in [4.78, 5) is 4.61. The van der Waals surface area contributed by atoms with Crippen molar-refractivity contribution in [3.05, 3.63) is 54.4 Å². The van der Waals surface area contributed by atoms with E-state index in [9.17, 15) is 8.78 Å². The van der Waals surface area contributed by atoms with Crippen molar-refractivity contribution in [2.75, 3.05) is 0 Å². The lowest BCUT2D eigenvalue weighted by Crippen LogP contribution is -2.04. The Hall–Kier alpha value is -3.01. The summed E-state index contributed by atoms with van der Waals surface area (Å²) in [6.07, 6.45) is 0. The number of hydrogen-bond acceptors (Lipinski definition) is 6. The summed E-state index contributed by atoms with van der Waals surface area (Å²) in [5.41, 5.74) is 2.63. The summed E-state index contributed by atoms with van der Waals surface area (Å²) in [5, 5.41) is 12.6. The Morgan fingerprint density at radius 1 is 1.11 bits per heavy atom. The van der Waals surface area contributed by atoms with Gasteiger partial charge in [0, 0.05) is 7.05 Å². The molecule has 10 heteroatoms. The van der Waals surface area contributed by atoms with Crippen LogP contribution < -0.4 is 4.74 Å². The zero-order valence-corrected chi connectivity index (χ0v) is 15.0. The van der Waals surface area contributed by atoms with Crippen molar-refractivity contribution in [1.82, 2.24) is 29.8 Å². The standard InChI is InChI=1S/C17H14F2N6OS/c1-24-14-5-3-2-4-13(14)20-17(24)27-10-15-21-22-23-25(15)11-6-8-12(9-7-11)26-16(18)19/h2-9,16H,10H2,1H3. The highest BCUT2D eigenvalue weighted by Crippen LogP contribution is 2.26. The van der Waals surface area contributed by atoms with Gasteiger partial charge >= 0.3 is 6.61 Å². The average molecular weight is 388 g/mol. The first-order chi connectivity index (χ1) is 13.1. The zero-order valence-electron chi connectivity index (χ0n) is 14.2. The maximum atomic E-state index is 12.3. The van der Waals surface area contributed by atoms with Crippen molar-refractivity contribution in [3.8, 4) is 11.4 Å². The number of imidazole rings is 1. The first-order valence-electron chi connectivity index (χ1n) is 7.98. The number of benzene rings is 2. The number of nitrogens with zero attached hydrogens (tertiary/aromatic N) is 6. The molecule has 0 radical (unpaired) electrons. The number of tetrazole rings is 1. The SMILES string of the molecule is Cn1c(SCc2nnnn2-c2ccc(OC(F)F)cc2)nc2ccccc21. The molecule has 4 aromatic rings. The van der Waals surface area contributed by atoms with E-state index in [2.05, 4.69) is 25.2 Å². The van der Waals surface area contributed by atoms with E-state index >= 15 is 0 Å². The Labute approximate surface area is 157 Å². The van der Waals surface area contributed by atoms with Crippen molar-refractivity contribution in [2.45, 2.75) is 17.5 Å². The van der Waals surface area contributed by atoms with Gasteiger partial charge in [-0.2, -0.15) is 13.5 Å². The van der Waals surface area contributed by atoms with E-state index in [1.165, 1.54) is 23.9 Å². The predicted molar refractivity (Wildman–Crippen MR) is 96.1 cm³/mol. The molecule has 0 spiro atoms. The predicted octanol–water partition coefficient (Wildman–Crippen LogP) is 3.44. The molecule has 0 bridgehead atoms. The number of fused-ring (bicyclic) bond motifs is 1. The van der Waals surface area contributed by atoms with Crippen LogP contribution in [0.1, 0.15) is 5.82 Å². The van der Waals surface area contributed by atoms with Gasteiger partial charge in [-0.3, -0.25) is 0 Å². The van der Waals surface area contributed by atoms with E-state index < -0.39 is 6.61 Å². The quantitative estimate of drug-likeness (QED) is 0.471. The smallest absolute Gasteiger partial charge is 0.387 e. The maximum absolute atomic E-state index is 12.3. The summed E-state index contributed by atoms with van der Waals surface area (Å²) in [6.45, 7) is -2.86. The number of aromatic nitrogens is 6. The molecular formula is C17H14F2N6OS. The molecule has 0 N–H and O–H groups in total. The third-order valence-corrected chi connectivity index (χ3v) is 4.94. The average Bonchev–Trinajstić information content (AvgIpc) is 3.25. The summed E-state index contributed by atoms with van der Waals surface area (Å²) in [5.74, 6) is 1.20. The highest BCUT2D eigenvalue weighted by Gasteiger charge is 2.13. The molecule has 0 saturated heterocycles. The van der Waals surface area contributed by atoms with Crippen LogP contribution in [-0.4, -0.2) is 36.4 Å². The number of rotatable bonds is 6. The van der Waals surface area contributed by atoms with E-state index in [0.717, 1.165) is 16.2 Å². The first-order valence-corrected chi connectivity index (χ1v) is 8.97. The fourth-order valence-electron chi connectivity index (χ4n) is 2.65. The van der Waals surface area contributed by atoms with Gasteiger partial charge in [0.15, 0.2) is 11.0 Å². The van der Waals surface area contributed by atoms with E-state index in [1.54, 1.807) is 16.8 Å². The lowest BCUT2D eigenvalue weighted by Gasteiger charge is -2.07. The summed E-state index contributed by atoms with van der Waals surface area (Å²) >= 11 is 1.52. The molecule has 2 aromatic heterocycles. The van der Waals surface area contributed by atoms with Crippen LogP contribution >= 0.6 is 11.8 Å². The maximum Gasteiger partial charge on any atom is 0.387 e. The van der Waals surface area contributed by atoms with Gasteiger partial charge in [0.1, 0.15) is 5.75 Å². The van der Waals surface area contributed by atoms with Crippen LogP contribution in [0.4, 0.5) is 8.78 Å². The number of ether oxygens (including phenoxy) is 1. The second-order valence-electron chi connectivity index (χ2n) is 5.61. The molecule has 4 rings (SSSR count). The van der Waals surface area contributed by atoms with E-state index in [-0.39, 0.29) is 5.75 Å². The third kappa shape index (κ3) is 3.61. The number of halogens is 2. The van der Waals surface area contributed by atoms with Gasteiger partial charge in [0.2, 0.25) is 0 Å². The van der Waals surface area contributed by atoms with Crippen LogP contribution in [0.25, 0.3) is 16.7 Å². The molecule has 0 amide bonds. The Balaban J connectivity index is 1.52. The Bertz CT molecular complexity index is 1060. The molecule has 0 aliphatic rings. The van der Waals surface area contributed by atoms with Gasteiger partial charge in [-0.25, -0.2) is 4.98 Å². The second-order valence-corrected chi connectivity index (χ2v) is 6.55. The van der Waals surface area contributed by atoms with Crippen LogP contribution in [0.2, 0.25) is 0 Å². The Morgan fingerprint density at radius 2 is 1.89 bits per heavy atom. The number of alkyl halides is 2. The fourth-order valence-corrected chi connectivity index (χ4v) is 3.54. The number of para-hydroxylation sites is 2. The minimum absolute atomic E-state index is 0.0810. The summed E-state index contributed by atoms with van der Waals surface area (Å²) in [7, 11) is 1.96. The van der Waals surface area contributed by atoms with E-state index in [0.29, 0.717) is 17.3 Å². The van der Waals surface area contributed by atoms with Crippen molar-refractivity contribution in [1.29, 1.82) is 0 Å². The van der Waals surface area contributed by atoms with Gasteiger partial charge < -0.3 is 9.30 Å². The van der Waals surface area contributed by atoms with E-state index in [4.69, 9.17) is 0 Å². The summed E-state index contributed by atoms with van der Waals surface area (Å²) < 4.78 is 32.4. The van der Waals surface area contributed by atoms with Crippen molar-refractivity contribution < 1.29 is 13.5 Å². The third-order valence-electron chi connectivity index (χ3n) is 3.92. The molecular weight excluding hydrogens is 374 g/mol. The molecule has 0 aliphatic carbocycles. The molecule has 0 unspecified atom stereocenters. The minimum Gasteiger partial charge on any atom is -0.435 e. The number of hydrogen-bond donors (Lipinski definition) is 0. The molecule has 2 heterocycles. The van der Waals surface area contributed by atoms with Gasteiger partial charge in [0.25, 0.3) is 0 Å². The van der Waals surface area contributed by atoms with Gasteiger partial charge in [-0.1, -0.05) is 23.9 Å². The van der Waals surface area contributed by atoms with Crippen molar-refractivity contribution in [2.24, 2.45) is 7.05 Å². The minimum atomic E-state index is -2.86. The topological polar surface area (TPSA) is 70.7 Å². The highest BCUT2D eigenvalue weighted by atomic mass is 32.2. The van der Waals surface area contributed by atoms with Crippen LogP contribution in [-0.2, 0) is 12.8 Å². The second kappa shape index (κ2) is 7.31. The Morgan fingerprint density at radius 3 is 2.63 bits per heavy atom. The zero-order chi connectivity index (χ0) is 18.8. The first kappa shape index (κ1) is 17.4. The molecule has 0 fully saturated rings. The monoisotopic (exact) mass is 388 g/mol. The van der Waals surface area contributed by atoms with Gasteiger partial charge in [-0.05, 0) is 46.8 Å². The van der Waals surface area contributed by atoms with Crippen LogP contribution in [0, 0.1) is 0 Å². The van der Waals surface area contributed by atoms with E-state index in [1.807, 2.05) is 35.9 Å². The number of aryl methyl sites for hydroxylation is 1. The normalized spacial score (nSPS) is 11.4.